The Balaban J connectivity index is 2.11. The molecule has 1 N–H and O–H groups in total. The first-order valence-corrected chi connectivity index (χ1v) is 7.60. The molecule has 96 valence electrons. The Morgan fingerprint density at radius 1 is 1.44 bits per heavy atom. The summed E-state index contributed by atoms with van der Waals surface area (Å²) >= 11 is 8.04. The Morgan fingerprint density at radius 3 is 2.67 bits per heavy atom. The van der Waals surface area contributed by atoms with Gasteiger partial charge >= 0.3 is 0 Å². The lowest BCUT2D eigenvalue weighted by atomic mass is 10.1. The van der Waals surface area contributed by atoms with E-state index in [9.17, 15) is 4.79 Å². The van der Waals surface area contributed by atoms with E-state index >= 15 is 0 Å². The van der Waals surface area contributed by atoms with Gasteiger partial charge in [0.05, 0.1) is 14.4 Å². The highest BCUT2D eigenvalue weighted by Gasteiger charge is 2.15. The third-order valence-electron chi connectivity index (χ3n) is 2.23. The second kappa shape index (κ2) is 5.54. The number of rotatable bonds is 3. The van der Waals surface area contributed by atoms with E-state index in [1.807, 2.05) is 13.8 Å². The molecular weight excluding hydrogens is 384 g/mol. The summed E-state index contributed by atoms with van der Waals surface area (Å²) in [5.41, 5.74) is 0.818. The van der Waals surface area contributed by atoms with Gasteiger partial charge in [0.15, 0.2) is 0 Å². The second-order valence-corrected chi connectivity index (χ2v) is 7.18. The third-order valence-corrected chi connectivity index (χ3v) is 5.48. The average Bonchev–Trinajstić information content (AvgIpc) is 2.87. The van der Waals surface area contributed by atoms with Gasteiger partial charge in [-0.15, -0.1) is 11.3 Å². The quantitative estimate of drug-likeness (QED) is 0.826. The van der Waals surface area contributed by atoms with Gasteiger partial charge in [-0.25, -0.2) is 0 Å². The standard InChI is InChI=1S/C11H10Br2N2O2S/c1-5(2)7-4-9(17-15-7)14-11(16)8-3-6(12)10(13)18-8/h3-5H,1-2H3,(H,14,16). The maximum Gasteiger partial charge on any atom is 0.268 e. The molecule has 0 aliphatic rings. The number of hydrogen-bond donors (Lipinski definition) is 1. The summed E-state index contributed by atoms with van der Waals surface area (Å²) in [6, 6.07) is 3.49. The van der Waals surface area contributed by atoms with Gasteiger partial charge in [0.25, 0.3) is 5.91 Å². The number of halogens is 2. The highest BCUT2D eigenvalue weighted by Crippen LogP contribution is 2.32. The van der Waals surface area contributed by atoms with E-state index in [0.29, 0.717) is 10.8 Å². The van der Waals surface area contributed by atoms with E-state index in [1.165, 1.54) is 11.3 Å². The van der Waals surface area contributed by atoms with Gasteiger partial charge in [0, 0.05) is 10.5 Å². The predicted molar refractivity (Wildman–Crippen MR) is 78.3 cm³/mol. The Morgan fingerprint density at radius 2 is 2.17 bits per heavy atom. The molecule has 7 heteroatoms. The molecule has 0 aliphatic carbocycles. The van der Waals surface area contributed by atoms with Crippen molar-refractivity contribution < 1.29 is 9.32 Å². The summed E-state index contributed by atoms with van der Waals surface area (Å²) < 4.78 is 6.80. The molecule has 0 aromatic carbocycles. The molecule has 18 heavy (non-hydrogen) atoms. The van der Waals surface area contributed by atoms with Crippen molar-refractivity contribution in [2.24, 2.45) is 0 Å². The van der Waals surface area contributed by atoms with Crippen molar-refractivity contribution in [2.75, 3.05) is 5.32 Å². The van der Waals surface area contributed by atoms with E-state index in [0.717, 1.165) is 14.0 Å². The van der Waals surface area contributed by atoms with Crippen LogP contribution in [0.1, 0.15) is 35.1 Å². The maximum absolute atomic E-state index is 11.9. The van der Waals surface area contributed by atoms with Crippen LogP contribution in [-0.4, -0.2) is 11.1 Å². The smallest absolute Gasteiger partial charge is 0.268 e. The number of carbonyl (C=O) groups excluding carboxylic acids is 1. The molecule has 0 saturated heterocycles. The van der Waals surface area contributed by atoms with E-state index in [2.05, 4.69) is 42.3 Å². The van der Waals surface area contributed by atoms with E-state index in [4.69, 9.17) is 4.52 Å². The summed E-state index contributed by atoms with van der Waals surface area (Å²) in [6.45, 7) is 4.02. The van der Waals surface area contributed by atoms with Gasteiger partial charge in [-0.05, 0) is 43.8 Å². The SMILES string of the molecule is CC(C)c1cc(NC(=O)c2cc(Br)c(Br)s2)on1. The Kier molecular flexibility index (Phi) is 4.24. The van der Waals surface area contributed by atoms with Gasteiger partial charge in [-0.3, -0.25) is 10.1 Å². The molecule has 0 atom stereocenters. The monoisotopic (exact) mass is 392 g/mol. The molecule has 2 aromatic heterocycles. The zero-order valence-electron chi connectivity index (χ0n) is 9.66. The predicted octanol–water partition coefficient (Wildman–Crippen LogP) is 4.64. The van der Waals surface area contributed by atoms with Crippen LogP contribution in [0, 0.1) is 0 Å². The highest BCUT2D eigenvalue weighted by molar-refractivity contribution is 9.13. The molecule has 2 heterocycles. The zero-order chi connectivity index (χ0) is 13.3. The van der Waals surface area contributed by atoms with E-state index in [-0.39, 0.29) is 11.8 Å². The van der Waals surface area contributed by atoms with Crippen LogP contribution in [0.25, 0.3) is 0 Å². The fourth-order valence-corrected chi connectivity index (χ4v) is 3.18. The van der Waals surface area contributed by atoms with Crippen LogP contribution in [0.2, 0.25) is 0 Å². The first kappa shape index (κ1) is 13.8. The number of nitrogens with zero attached hydrogens (tertiary/aromatic N) is 1. The van der Waals surface area contributed by atoms with Crippen LogP contribution in [0.3, 0.4) is 0 Å². The maximum atomic E-state index is 11.9. The van der Waals surface area contributed by atoms with E-state index < -0.39 is 0 Å². The van der Waals surface area contributed by atoms with Crippen molar-refractivity contribution in [1.29, 1.82) is 0 Å². The van der Waals surface area contributed by atoms with Crippen molar-refractivity contribution in [3.05, 3.63) is 31.0 Å². The summed E-state index contributed by atoms with van der Waals surface area (Å²) in [5, 5.41) is 6.56. The number of amides is 1. The van der Waals surface area contributed by atoms with Crippen LogP contribution in [-0.2, 0) is 0 Å². The number of aromatic nitrogens is 1. The van der Waals surface area contributed by atoms with Crippen molar-refractivity contribution in [1.82, 2.24) is 5.16 Å². The Bertz CT molecular complexity index is 558. The van der Waals surface area contributed by atoms with Gasteiger partial charge in [-0.2, -0.15) is 0 Å². The van der Waals surface area contributed by atoms with E-state index in [1.54, 1.807) is 12.1 Å². The molecule has 2 aromatic rings. The molecule has 0 bridgehead atoms. The normalized spacial score (nSPS) is 10.9. The fourth-order valence-electron chi connectivity index (χ4n) is 1.25. The number of hydrogen-bond acceptors (Lipinski definition) is 4. The lowest BCUT2D eigenvalue weighted by Gasteiger charge is -1.96. The second-order valence-electron chi connectivity index (χ2n) is 3.96. The molecule has 0 saturated carbocycles. The molecule has 0 spiro atoms. The van der Waals surface area contributed by atoms with Crippen LogP contribution < -0.4 is 5.32 Å². The molecule has 1 amide bonds. The largest absolute Gasteiger partial charge is 0.338 e. The van der Waals surface area contributed by atoms with Crippen molar-refractivity contribution in [3.8, 4) is 0 Å². The Labute approximate surface area is 125 Å². The summed E-state index contributed by atoms with van der Waals surface area (Å²) in [5.74, 6) is 0.423. The molecule has 0 radical (unpaired) electrons. The average molecular weight is 394 g/mol. The van der Waals surface area contributed by atoms with Gasteiger partial charge in [0.1, 0.15) is 0 Å². The minimum absolute atomic E-state index is 0.210. The molecule has 0 fully saturated rings. The molecule has 4 nitrogen and oxygen atoms in total. The van der Waals surface area contributed by atoms with Crippen LogP contribution in [0.5, 0.6) is 0 Å². The van der Waals surface area contributed by atoms with Crippen molar-refractivity contribution >= 4 is 55.0 Å². The van der Waals surface area contributed by atoms with Gasteiger partial charge in [-0.1, -0.05) is 19.0 Å². The topological polar surface area (TPSA) is 55.1 Å². The Hall–Kier alpha value is -0.660. The number of thiophene rings is 1. The van der Waals surface area contributed by atoms with Crippen LogP contribution in [0.4, 0.5) is 5.88 Å². The first-order chi connectivity index (χ1) is 8.47. The zero-order valence-corrected chi connectivity index (χ0v) is 13.6. The molecule has 0 unspecified atom stereocenters. The minimum Gasteiger partial charge on any atom is -0.338 e. The molecule has 2 rings (SSSR count). The first-order valence-electron chi connectivity index (χ1n) is 5.20. The van der Waals surface area contributed by atoms with Crippen LogP contribution >= 0.6 is 43.2 Å². The van der Waals surface area contributed by atoms with Crippen molar-refractivity contribution in [2.45, 2.75) is 19.8 Å². The minimum atomic E-state index is -0.210. The summed E-state index contributed by atoms with van der Waals surface area (Å²) in [6.07, 6.45) is 0. The number of anilines is 1. The lowest BCUT2D eigenvalue weighted by molar-refractivity contribution is 0.102. The van der Waals surface area contributed by atoms with Gasteiger partial charge in [0.2, 0.25) is 5.88 Å². The summed E-state index contributed by atoms with van der Waals surface area (Å²) in [4.78, 5) is 12.5. The molecular formula is C11H10Br2N2O2S. The third kappa shape index (κ3) is 3.02. The molecule has 0 aliphatic heterocycles. The van der Waals surface area contributed by atoms with Crippen LogP contribution in [0.15, 0.2) is 24.9 Å². The fraction of sp³-hybridized carbons (Fsp3) is 0.273. The lowest BCUT2D eigenvalue weighted by Crippen LogP contribution is -2.09. The van der Waals surface area contributed by atoms with Gasteiger partial charge < -0.3 is 4.52 Å². The number of carbonyl (C=O) groups is 1. The summed E-state index contributed by atoms with van der Waals surface area (Å²) in [7, 11) is 0. The van der Waals surface area contributed by atoms with Crippen molar-refractivity contribution in [3.63, 3.8) is 0 Å². The highest BCUT2D eigenvalue weighted by atomic mass is 79.9. The number of nitrogens with one attached hydrogen (secondary N) is 1.